The van der Waals surface area contributed by atoms with Crippen molar-refractivity contribution in [2.45, 2.75) is 36.2 Å². The predicted molar refractivity (Wildman–Crippen MR) is 74.1 cm³/mol. The van der Waals surface area contributed by atoms with E-state index in [1.54, 1.807) is 6.07 Å². The molecule has 1 N–H and O–H groups in total. The fourth-order valence-electron chi connectivity index (χ4n) is 1.80. The molecule has 0 fully saturated rings. The molecule has 0 saturated carbocycles. The van der Waals surface area contributed by atoms with E-state index in [0.29, 0.717) is 16.7 Å². The second kappa shape index (κ2) is 7.00. The zero-order valence-corrected chi connectivity index (χ0v) is 12.2. The standard InChI is InChI=1S/C14H15F3N2OS/c1-2-5-18-9-10-3-4-11(8-12(10)14(15,16)17)21-13-19-6-7-20-13/h3-4,6-8,18H,2,5,9H2,1H3. The summed E-state index contributed by atoms with van der Waals surface area (Å²) in [5.41, 5.74) is -0.379. The number of rotatable bonds is 6. The van der Waals surface area contributed by atoms with Crippen molar-refractivity contribution >= 4 is 11.8 Å². The Morgan fingerprint density at radius 1 is 1.33 bits per heavy atom. The molecule has 0 aliphatic carbocycles. The van der Waals surface area contributed by atoms with E-state index in [4.69, 9.17) is 4.42 Å². The summed E-state index contributed by atoms with van der Waals surface area (Å²) < 4.78 is 44.5. The molecule has 0 aliphatic heterocycles. The van der Waals surface area contributed by atoms with E-state index in [1.165, 1.54) is 18.5 Å². The van der Waals surface area contributed by atoms with Crippen LogP contribution in [0.25, 0.3) is 0 Å². The minimum absolute atomic E-state index is 0.201. The van der Waals surface area contributed by atoms with Gasteiger partial charge in [0.1, 0.15) is 6.26 Å². The summed E-state index contributed by atoms with van der Waals surface area (Å²) in [6.45, 7) is 2.85. The molecular formula is C14H15F3N2OS. The number of nitrogens with one attached hydrogen (secondary N) is 1. The fraction of sp³-hybridized carbons (Fsp3) is 0.357. The van der Waals surface area contributed by atoms with Crippen LogP contribution in [-0.2, 0) is 12.7 Å². The number of hydrogen-bond donors (Lipinski definition) is 1. The maximum Gasteiger partial charge on any atom is 0.416 e. The topological polar surface area (TPSA) is 38.1 Å². The molecule has 21 heavy (non-hydrogen) atoms. The van der Waals surface area contributed by atoms with E-state index in [2.05, 4.69) is 10.3 Å². The first-order valence-electron chi connectivity index (χ1n) is 6.49. The van der Waals surface area contributed by atoms with E-state index in [1.807, 2.05) is 6.92 Å². The summed E-state index contributed by atoms with van der Waals surface area (Å²) in [6, 6.07) is 4.28. The summed E-state index contributed by atoms with van der Waals surface area (Å²) in [6.07, 6.45) is -0.665. The Morgan fingerprint density at radius 2 is 2.14 bits per heavy atom. The number of alkyl halides is 3. The monoisotopic (exact) mass is 316 g/mol. The lowest BCUT2D eigenvalue weighted by molar-refractivity contribution is -0.138. The number of aromatic nitrogens is 1. The second-order valence-electron chi connectivity index (χ2n) is 4.39. The minimum Gasteiger partial charge on any atom is -0.440 e. The molecule has 0 unspecified atom stereocenters. The van der Waals surface area contributed by atoms with Gasteiger partial charge >= 0.3 is 6.18 Å². The van der Waals surface area contributed by atoms with Crippen molar-refractivity contribution in [3.8, 4) is 0 Å². The first kappa shape index (κ1) is 15.9. The van der Waals surface area contributed by atoms with Crippen molar-refractivity contribution in [2.75, 3.05) is 6.54 Å². The van der Waals surface area contributed by atoms with E-state index >= 15 is 0 Å². The summed E-state index contributed by atoms with van der Waals surface area (Å²) in [7, 11) is 0. The van der Waals surface area contributed by atoms with Crippen molar-refractivity contribution in [1.29, 1.82) is 0 Å². The highest BCUT2D eigenvalue weighted by atomic mass is 32.2. The van der Waals surface area contributed by atoms with Crippen molar-refractivity contribution in [3.05, 3.63) is 41.8 Å². The molecule has 1 heterocycles. The number of benzene rings is 1. The van der Waals surface area contributed by atoms with Gasteiger partial charge in [-0.3, -0.25) is 0 Å². The van der Waals surface area contributed by atoms with Gasteiger partial charge in [0.15, 0.2) is 0 Å². The molecule has 3 nitrogen and oxygen atoms in total. The van der Waals surface area contributed by atoms with Crippen LogP contribution in [0.5, 0.6) is 0 Å². The average molecular weight is 316 g/mol. The summed E-state index contributed by atoms with van der Waals surface area (Å²) in [5.74, 6) is 0. The highest BCUT2D eigenvalue weighted by molar-refractivity contribution is 7.99. The molecule has 1 aromatic carbocycles. The Bertz CT molecular complexity index is 570. The molecular weight excluding hydrogens is 301 g/mol. The molecule has 1 aromatic heterocycles. The van der Waals surface area contributed by atoms with Gasteiger partial charge in [-0.05, 0) is 42.4 Å². The van der Waals surface area contributed by atoms with Crippen molar-refractivity contribution < 1.29 is 17.6 Å². The lowest BCUT2D eigenvalue weighted by atomic mass is 10.1. The summed E-state index contributed by atoms with van der Waals surface area (Å²) in [5, 5.41) is 3.31. The van der Waals surface area contributed by atoms with Gasteiger partial charge in [0.2, 0.25) is 0 Å². The molecule has 2 aromatic rings. The number of hydrogen-bond acceptors (Lipinski definition) is 4. The van der Waals surface area contributed by atoms with Crippen LogP contribution < -0.4 is 5.32 Å². The van der Waals surface area contributed by atoms with Gasteiger partial charge in [0.05, 0.1) is 11.8 Å². The Morgan fingerprint density at radius 3 is 2.76 bits per heavy atom. The molecule has 0 bridgehead atoms. The van der Waals surface area contributed by atoms with Crippen LogP contribution in [0.2, 0.25) is 0 Å². The average Bonchev–Trinajstić information content (AvgIpc) is 2.92. The quantitative estimate of drug-likeness (QED) is 0.804. The van der Waals surface area contributed by atoms with Gasteiger partial charge in [0, 0.05) is 11.4 Å². The van der Waals surface area contributed by atoms with E-state index in [9.17, 15) is 13.2 Å². The predicted octanol–water partition coefficient (Wildman–Crippen LogP) is 4.34. The van der Waals surface area contributed by atoms with E-state index in [0.717, 1.165) is 24.2 Å². The lowest BCUT2D eigenvalue weighted by Gasteiger charge is -2.14. The smallest absolute Gasteiger partial charge is 0.416 e. The number of oxazole rings is 1. The van der Waals surface area contributed by atoms with Crippen LogP contribution >= 0.6 is 11.8 Å². The SMILES string of the molecule is CCCNCc1ccc(Sc2ncco2)cc1C(F)(F)F. The molecule has 114 valence electrons. The van der Waals surface area contributed by atoms with Crippen molar-refractivity contribution in [1.82, 2.24) is 10.3 Å². The minimum atomic E-state index is -4.38. The molecule has 0 aliphatic rings. The summed E-state index contributed by atoms with van der Waals surface area (Å²) in [4.78, 5) is 4.34. The molecule has 0 saturated heterocycles. The van der Waals surface area contributed by atoms with Crippen LogP contribution in [-0.4, -0.2) is 11.5 Å². The third-order valence-electron chi connectivity index (χ3n) is 2.74. The van der Waals surface area contributed by atoms with Crippen LogP contribution in [0.4, 0.5) is 13.2 Å². The molecule has 2 rings (SSSR count). The Balaban J connectivity index is 2.22. The maximum absolute atomic E-state index is 13.1. The lowest BCUT2D eigenvalue weighted by Crippen LogP contribution is -2.18. The molecule has 0 spiro atoms. The maximum atomic E-state index is 13.1. The van der Waals surface area contributed by atoms with Crippen molar-refractivity contribution in [2.24, 2.45) is 0 Å². The van der Waals surface area contributed by atoms with Gasteiger partial charge in [-0.25, -0.2) is 4.98 Å². The Labute approximate surface area is 124 Å². The van der Waals surface area contributed by atoms with E-state index in [-0.39, 0.29) is 12.1 Å². The molecule has 0 amide bonds. The highest BCUT2D eigenvalue weighted by Gasteiger charge is 2.33. The molecule has 0 radical (unpaired) electrons. The first-order valence-corrected chi connectivity index (χ1v) is 7.30. The van der Waals surface area contributed by atoms with Gasteiger partial charge in [-0.1, -0.05) is 13.0 Å². The Kier molecular flexibility index (Phi) is 5.30. The van der Waals surface area contributed by atoms with Gasteiger partial charge in [-0.15, -0.1) is 0 Å². The number of halogens is 3. The first-order chi connectivity index (χ1) is 10.0. The van der Waals surface area contributed by atoms with Gasteiger partial charge < -0.3 is 9.73 Å². The molecule has 0 atom stereocenters. The van der Waals surface area contributed by atoms with E-state index < -0.39 is 11.7 Å². The van der Waals surface area contributed by atoms with Crippen LogP contribution in [0.3, 0.4) is 0 Å². The largest absolute Gasteiger partial charge is 0.440 e. The third-order valence-corrected chi connectivity index (χ3v) is 3.61. The zero-order chi connectivity index (χ0) is 15.3. The van der Waals surface area contributed by atoms with Crippen LogP contribution in [0.15, 0.2) is 45.2 Å². The third kappa shape index (κ3) is 4.50. The van der Waals surface area contributed by atoms with Crippen LogP contribution in [0.1, 0.15) is 24.5 Å². The summed E-state index contributed by atoms with van der Waals surface area (Å²) >= 11 is 1.06. The van der Waals surface area contributed by atoms with Crippen LogP contribution in [0, 0.1) is 0 Å². The second-order valence-corrected chi connectivity index (χ2v) is 5.42. The Hall–Kier alpha value is -1.47. The number of nitrogens with zero attached hydrogens (tertiary/aromatic N) is 1. The van der Waals surface area contributed by atoms with Gasteiger partial charge in [-0.2, -0.15) is 13.2 Å². The molecule has 7 heteroatoms. The highest BCUT2D eigenvalue weighted by Crippen LogP contribution is 2.36. The normalized spacial score (nSPS) is 11.8. The van der Waals surface area contributed by atoms with Gasteiger partial charge in [0.25, 0.3) is 5.22 Å². The fourth-order valence-corrected chi connectivity index (χ4v) is 2.53. The van der Waals surface area contributed by atoms with Crippen molar-refractivity contribution in [3.63, 3.8) is 0 Å². The zero-order valence-electron chi connectivity index (χ0n) is 11.4.